The number of hydrogen-bond acceptors (Lipinski definition) is 7. The Hall–Kier alpha value is -3.55. The van der Waals surface area contributed by atoms with E-state index in [1.165, 1.54) is 64.4 Å². The van der Waals surface area contributed by atoms with Crippen LogP contribution in [-0.4, -0.2) is 51.8 Å². The van der Waals surface area contributed by atoms with Gasteiger partial charge in [-0.15, -0.1) is 0 Å². The van der Waals surface area contributed by atoms with E-state index in [4.69, 9.17) is 18.9 Å². The molecule has 0 spiro atoms. The topological polar surface area (TPSA) is 100 Å². The average Bonchev–Trinajstić information content (AvgIpc) is 3.08. The lowest BCUT2D eigenvalue weighted by Crippen LogP contribution is -2.37. The molecule has 2 fully saturated rings. The van der Waals surface area contributed by atoms with Crippen molar-refractivity contribution in [1.82, 2.24) is 5.32 Å². The minimum atomic E-state index is -0.528. The zero-order valence-electron chi connectivity index (χ0n) is 26.4. The quantitative estimate of drug-likeness (QED) is 0.173. The van der Waals surface area contributed by atoms with Crippen LogP contribution in [0.2, 0.25) is 0 Å². The fourth-order valence-electron chi connectivity index (χ4n) is 6.56. The van der Waals surface area contributed by atoms with Crippen LogP contribution in [0.4, 0.5) is 0 Å². The van der Waals surface area contributed by atoms with E-state index in [2.05, 4.69) is 17.4 Å². The van der Waals surface area contributed by atoms with Crippen molar-refractivity contribution in [3.63, 3.8) is 0 Å². The number of aryl methyl sites for hydroxylation is 1. The molecular weight excluding hydrogens is 558 g/mol. The molecule has 0 heterocycles. The molecule has 0 radical (unpaired) electrons. The maximum atomic E-state index is 13.3. The number of carbonyl (C=O) groups is 3. The van der Waals surface area contributed by atoms with Crippen molar-refractivity contribution in [3.8, 4) is 11.5 Å². The van der Waals surface area contributed by atoms with Gasteiger partial charge in [0.2, 0.25) is 0 Å². The van der Waals surface area contributed by atoms with Gasteiger partial charge in [-0.05, 0) is 86.3 Å². The lowest BCUT2D eigenvalue weighted by molar-refractivity contribution is -0.148. The Morgan fingerprint density at radius 2 is 1.52 bits per heavy atom. The zero-order chi connectivity index (χ0) is 31.1. The summed E-state index contributed by atoms with van der Waals surface area (Å²) in [6.07, 6.45) is 14.5. The fourth-order valence-corrected chi connectivity index (χ4v) is 6.56. The summed E-state index contributed by atoms with van der Waals surface area (Å²) in [5, 5.41) is 2.97. The van der Waals surface area contributed by atoms with Crippen LogP contribution in [0.3, 0.4) is 0 Å². The summed E-state index contributed by atoms with van der Waals surface area (Å²) in [4.78, 5) is 37.7. The van der Waals surface area contributed by atoms with Crippen LogP contribution >= 0.6 is 0 Å². The first-order chi connectivity index (χ1) is 21.5. The summed E-state index contributed by atoms with van der Waals surface area (Å²) in [5.74, 6) is 0.865. The van der Waals surface area contributed by atoms with Gasteiger partial charge in [0.05, 0.1) is 44.5 Å². The van der Waals surface area contributed by atoms with Gasteiger partial charge < -0.3 is 24.3 Å². The summed E-state index contributed by atoms with van der Waals surface area (Å²) in [7, 11) is 2.71. The average molecular weight is 608 g/mol. The number of ether oxygens (including phenoxy) is 4. The minimum absolute atomic E-state index is 0.00616. The second-order valence-electron chi connectivity index (χ2n) is 12.2. The van der Waals surface area contributed by atoms with Crippen LogP contribution < -0.4 is 14.8 Å². The van der Waals surface area contributed by atoms with Crippen molar-refractivity contribution in [2.45, 2.75) is 83.5 Å². The molecule has 0 saturated heterocycles. The Bertz CT molecular complexity index is 1210. The number of amides is 1. The number of rotatable bonds is 15. The van der Waals surface area contributed by atoms with Crippen LogP contribution in [0.5, 0.6) is 11.5 Å². The SMILES string of the molecule is COC(=O)c1ccc(OCCCc2ccc(OCCCC3CCCCC3)cc2)c(C(=O)NCC2CCCCC2C(=O)OC)c1. The van der Waals surface area contributed by atoms with Gasteiger partial charge in [-0.25, -0.2) is 4.79 Å². The predicted octanol–water partition coefficient (Wildman–Crippen LogP) is 6.93. The number of carbonyl (C=O) groups excluding carboxylic acids is 3. The Morgan fingerprint density at radius 3 is 2.27 bits per heavy atom. The zero-order valence-corrected chi connectivity index (χ0v) is 26.4. The molecule has 0 aliphatic heterocycles. The molecule has 0 bridgehead atoms. The summed E-state index contributed by atoms with van der Waals surface area (Å²) in [6.45, 7) is 1.52. The van der Waals surface area contributed by atoms with E-state index in [0.717, 1.165) is 63.2 Å². The highest BCUT2D eigenvalue weighted by atomic mass is 16.5. The predicted molar refractivity (Wildman–Crippen MR) is 169 cm³/mol. The molecule has 1 N–H and O–H groups in total. The number of methoxy groups -OCH3 is 2. The standard InChI is InChI=1S/C36H49NO7/c1-41-35(39)28-18-21-33(32(24-28)34(38)37-25-29-14-6-7-15-31(29)36(40)42-2)44-23-9-13-27-16-19-30(20-17-27)43-22-8-12-26-10-4-3-5-11-26/h16-21,24,26,29,31H,3-15,22-23,25H2,1-2H3,(H,37,38). The molecule has 2 aliphatic carbocycles. The third-order valence-electron chi connectivity index (χ3n) is 9.12. The van der Waals surface area contributed by atoms with E-state index >= 15 is 0 Å². The Balaban J connectivity index is 1.26. The lowest BCUT2D eigenvalue weighted by atomic mass is 9.79. The first-order valence-electron chi connectivity index (χ1n) is 16.4. The first-order valence-corrected chi connectivity index (χ1v) is 16.4. The second-order valence-corrected chi connectivity index (χ2v) is 12.2. The lowest BCUT2D eigenvalue weighted by Gasteiger charge is -2.29. The summed E-state index contributed by atoms with van der Waals surface area (Å²) < 4.78 is 21.9. The van der Waals surface area contributed by atoms with Crippen molar-refractivity contribution in [2.24, 2.45) is 17.8 Å². The molecule has 2 atom stereocenters. The first kappa shape index (κ1) is 33.3. The number of hydrogen-bond donors (Lipinski definition) is 1. The third-order valence-corrected chi connectivity index (χ3v) is 9.12. The maximum Gasteiger partial charge on any atom is 0.337 e. The summed E-state index contributed by atoms with van der Waals surface area (Å²) >= 11 is 0. The monoisotopic (exact) mass is 607 g/mol. The third kappa shape index (κ3) is 10.00. The fraction of sp³-hybridized carbons (Fsp3) is 0.583. The van der Waals surface area contributed by atoms with Gasteiger partial charge in [0, 0.05) is 6.54 Å². The van der Waals surface area contributed by atoms with Crippen LogP contribution in [0.15, 0.2) is 42.5 Å². The van der Waals surface area contributed by atoms with Gasteiger partial charge in [0.25, 0.3) is 5.91 Å². The van der Waals surface area contributed by atoms with E-state index in [1.807, 2.05) is 12.1 Å². The van der Waals surface area contributed by atoms with Crippen molar-refractivity contribution in [2.75, 3.05) is 34.0 Å². The van der Waals surface area contributed by atoms with Crippen LogP contribution in [0.1, 0.15) is 103 Å². The van der Waals surface area contributed by atoms with Gasteiger partial charge in [-0.3, -0.25) is 9.59 Å². The van der Waals surface area contributed by atoms with E-state index in [0.29, 0.717) is 18.9 Å². The van der Waals surface area contributed by atoms with Gasteiger partial charge in [0.15, 0.2) is 0 Å². The normalized spacial score (nSPS) is 18.7. The molecule has 8 nitrogen and oxygen atoms in total. The van der Waals surface area contributed by atoms with E-state index in [-0.39, 0.29) is 34.8 Å². The minimum Gasteiger partial charge on any atom is -0.494 e. The highest BCUT2D eigenvalue weighted by Crippen LogP contribution is 2.31. The highest BCUT2D eigenvalue weighted by molar-refractivity contribution is 6.00. The van der Waals surface area contributed by atoms with Crippen molar-refractivity contribution in [1.29, 1.82) is 0 Å². The Morgan fingerprint density at radius 1 is 0.795 bits per heavy atom. The molecule has 0 aromatic heterocycles. The Kier molecular flexibility index (Phi) is 13.4. The molecule has 1 amide bonds. The molecule has 2 aromatic carbocycles. The van der Waals surface area contributed by atoms with E-state index in [9.17, 15) is 14.4 Å². The number of nitrogens with one attached hydrogen (secondary N) is 1. The number of benzene rings is 2. The van der Waals surface area contributed by atoms with Crippen LogP contribution in [-0.2, 0) is 20.7 Å². The van der Waals surface area contributed by atoms with Gasteiger partial charge in [0.1, 0.15) is 11.5 Å². The molecule has 4 rings (SSSR count). The second kappa shape index (κ2) is 17.7. The van der Waals surface area contributed by atoms with Crippen LogP contribution in [0, 0.1) is 17.8 Å². The largest absolute Gasteiger partial charge is 0.494 e. The smallest absolute Gasteiger partial charge is 0.337 e. The van der Waals surface area contributed by atoms with Crippen molar-refractivity contribution in [3.05, 3.63) is 59.2 Å². The Labute approximate surface area is 262 Å². The highest BCUT2D eigenvalue weighted by Gasteiger charge is 2.32. The molecule has 2 saturated carbocycles. The number of esters is 2. The van der Waals surface area contributed by atoms with E-state index < -0.39 is 5.97 Å². The van der Waals surface area contributed by atoms with E-state index in [1.54, 1.807) is 12.1 Å². The molecule has 44 heavy (non-hydrogen) atoms. The van der Waals surface area contributed by atoms with Crippen molar-refractivity contribution < 1.29 is 33.3 Å². The molecular formula is C36H49NO7. The summed E-state index contributed by atoms with van der Waals surface area (Å²) in [6, 6.07) is 13.0. The van der Waals surface area contributed by atoms with Gasteiger partial charge in [-0.2, -0.15) is 0 Å². The molecule has 240 valence electrons. The molecule has 8 heteroatoms. The van der Waals surface area contributed by atoms with Gasteiger partial charge >= 0.3 is 11.9 Å². The van der Waals surface area contributed by atoms with Crippen molar-refractivity contribution >= 4 is 17.8 Å². The molecule has 2 aromatic rings. The summed E-state index contributed by atoms with van der Waals surface area (Å²) in [5.41, 5.74) is 1.73. The van der Waals surface area contributed by atoms with Gasteiger partial charge in [-0.1, -0.05) is 57.1 Å². The van der Waals surface area contributed by atoms with Crippen LogP contribution in [0.25, 0.3) is 0 Å². The molecule has 2 unspecified atom stereocenters. The molecule has 2 aliphatic rings. The maximum absolute atomic E-state index is 13.3.